The largest absolute Gasteiger partial charge is 0.319 e. The standard InChI is InChI=1S/C14H22N2S/c1-15-9-11-6-7-16(10-11)14(12-4-5-12)13-3-2-8-17-13/h2-3,8,11-12,14-15H,4-7,9-10H2,1H3. The van der Waals surface area contributed by atoms with Crippen LogP contribution >= 0.6 is 11.3 Å². The van der Waals surface area contributed by atoms with E-state index in [1.165, 1.54) is 38.9 Å². The van der Waals surface area contributed by atoms with Crippen LogP contribution in [0.25, 0.3) is 0 Å². The summed E-state index contributed by atoms with van der Waals surface area (Å²) in [5, 5.41) is 5.55. The summed E-state index contributed by atoms with van der Waals surface area (Å²) in [5.41, 5.74) is 0. The summed E-state index contributed by atoms with van der Waals surface area (Å²) < 4.78 is 0. The Labute approximate surface area is 108 Å². The zero-order valence-electron chi connectivity index (χ0n) is 10.6. The molecular weight excluding hydrogens is 228 g/mol. The number of nitrogens with one attached hydrogen (secondary N) is 1. The Morgan fingerprint density at radius 3 is 3.00 bits per heavy atom. The van der Waals surface area contributed by atoms with Crippen molar-refractivity contribution in [2.24, 2.45) is 11.8 Å². The molecule has 0 spiro atoms. The van der Waals surface area contributed by atoms with Crippen LogP contribution in [0.3, 0.4) is 0 Å². The Hall–Kier alpha value is -0.380. The van der Waals surface area contributed by atoms with Crippen LogP contribution in [0.4, 0.5) is 0 Å². The van der Waals surface area contributed by atoms with Gasteiger partial charge in [-0.25, -0.2) is 0 Å². The highest BCUT2D eigenvalue weighted by Gasteiger charge is 2.39. The predicted molar refractivity (Wildman–Crippen MR) is 73.4 cm³/mol. The van der Waals surface area contributed by atoms with Gasteiger partial charge >= 0.3 is 0 Å². The van der Waals surface area contributed by atoms with Crippen molar-refractivity contribution in [1.29, 1.82) is 0 Å². The van der Waals surface area contributed by atoms with E-state index in [2.05, 4.69) is 34.8 Å². The molecule has 1 aromatic rings. The zero-order chi connectivity index (χ0) is 11.7. The van der Waals surface area contributed by atoms with Crippen molar-refractivity contribution in [3.05, 3.63) is 22.4 Å². The molecule has 2 unspecified atom stereocenters. The Morgan fingerprint density at radius 2 is 2.35 bits per heavy atom. The van der Waals surface area contributed by atoms with Gasteiger partial charge in [0.2, 0.25) is 0 Å². The van der Waals surface area contributed by atoms with E-state index in [1.54, 1.807) is 4.88 Å². The summed E-state index contributed by atoms with van der Waals surface area (Å²) in [5.74, 6) is 1.81. The molecule has 94 valence electrons. The molecule has 0 bridgehead atoms. The van der Waals surface area contributed by atoms with Gasteiger partial charge < -0.3 is 5.32 Å². The number of likely N-dealkylation sites (tertiary alicyclic amines) is 1. The molecule has 1 aliphatic carbocycles. The van der Waals surface area contributed by atoms with Crippen LogP contribution < -0.4 is 5.32 Å². The minimum atomic E-state index is 0.733. The Balaban J connectivity index is 1.68. The molecule has 1 aromatic heterocycles. The smallest absolute Gasteiger partial charge is 0.0469 e. The highest BCUT2D eigenvalue weighted by molar-refractivity contribution is 7.10. The molecule has 2 heterocycles. The Bertz CT molecular complexity index is 345. The third-order valence-corrected chi connectivity index (χ3v) is 5.05. The van der Waals surface area contributed by atoms with E-state index in [-0.39, 0.29) is 0 Å². The van der Waals surface area contributed by atoms with Crippen molar-refractivity contribution >= 4 is 11.3 Å². The lowest BCUT2D eigenvalue weighted by Crippen LogP contribution is -2.29. The SMILES string of the molecule is CNCC1CCN(C(c2cccs2)C2CC2)C1. The van der Waals surface area contributed by atoms with Crippen molar-refractivity contribution in [2.75, 3.05) is 26.7 Å². The zero-order valence-corrected chi connectivity index (χ0v) is 11.4. The molecular formula is C14H22N2S. The summed E-state index contributed by atoms with van der Waals surface area (Å²) in [6, 6.07) is 5.27. The monoisotopic (exact) mass is 250 g/mol. The first-order valence-electron chi connectivity index (χ1n) is 6.80. The van der Waals surface area contributed by atoms with Crippen molar-refractivity contribution in [3.8, 4) is 0 Å². The molecule has 2 aliphatic rings. The maximum atomic E-state index is 3.32. The summed E-state index contributed by atoms with van der Waals surface area (Å²) in [7, 11) is 2.07. The third-order valence-electron chi connectivity index (χ3n) is 4.11. The predicted octanol–water partition coefficient (Wildman–Crippen LogP) is 2.74. The number of hydrogen-bond donors (Lipinski definition) is 1. The second-order valence-corrected chi connectivity index (χ2v) is 6.48. The fourth-order valence-electron chi connectivity index (χ4n) is 3.15. The quantitative estimate of drug-likeness (QED) is 0.864. The lowest BCUT2D eigenvalue weighted by Gasteiger charge is -2.27. The minimum absolute atomic E-state index is 0.733. The Morgan fingerprint density at radius 1 is 1.47 bits per heavy atom. The van der Waals surface area contributed by atoms with Gasteiger partial charge in [-0.05, 0) is 62.7 Å². The maximum absolute atomic E-state index is 3.32. The third kappa shape index (κ3) is 2.56. The molecule has 1 saturated heterocycles. The van der Waals surface area contributed by atoms with Crippen LogP contribution in [0.15, 0.2) is 17.5 Å². The van der Waals surface area contributed by atoms with Crippen LogP contribution in [0.2, 0.25) is 0 Å². The summed E-state index contributed by atoms with van der Waals surface area (Å²) in [6.45, 7) is 3.77. The van der Waals surface area contributed by atoms with Crippen molar-refractivity contribution in [3.63, 3.8) is 0 Å². The molecule has 0 radical (unpaired) electrons. The molecule has 1 aliphatic heterocycles. The van der Waals surface area contributed by atoms with E-state index in [0.717, 1.165) is 17.9 Å². The molecule has 3 heteroatoms. The average Bonchev–Trinajstić information content (AvgIpc) is 2.82. The molecule has 2 fully saturated rings. The molecule has 1 saturated carbocycles. The van der Waals surface area contributed by atoms with Crippen LogP contribution in [0.5, 0.6) is 0 Å². The highest BCUT2D eigenvalue weighted by atomic mass is 32.1. The van der Waals surface area contributed by atoms with E-state index in [9.17, 15) is 0 Å². The molecule has 1 N–H and O–H groups in total. The summed E-state index contributed by atoms with van der Waals surface area (Å²) >= 11 is 1.94. The highest BCUT2D eigenvalue weighted by Crippen LogP contribution is 2.47. The van der Waals surface area contributed by atoms with Gasteiger partial charge in [-0.15, -0.1) is 11.3 Å². The van der Waals surface area contributed by atoms with Crippen molar-refractivity contribution in [2.45, 2.75) is 25.3 Å². The average molecular weight is 250 g/mol. The van der Waals surface area contributed by atoms with Crippen LogP contribution in [0.1, 0.15) is 30.2 Å². The summed E-state index contributed by atoms with van der Waals surface area (Å²) in [6.07, 6.45) is 4.25. The molecule has 0 amide bonds. The van der Waals surface area contributed by atoms with Gasteiger partial charge in [0.15, 0.2) is 0 Å². The number of hydrogen-bond acceptors (Lipinski definition) is 3. The normalized spacial score (nSPS) is 27.5. The Kier molecular flexibility index (Phi) is 3.50. The van der Waals surface area contributed by atoms with Gasteiger partial charge in [-0.2, -0.15) is 0 Å². The molecule has 3 rings (SSSR count). The molecule has 2 atom stereocenters. The molecule has 17 heavy (non-hydrogen) atoms. The van der Waals surface area contributed by atoms with Gasteiger partial charge in [-0.3, -0.25) is 4.90 Å². The first-order valence-corrected chi connectivity index (χ1v) is 7.68. The first-order chi connectivity index (χ1) is 8.38. The van der Waals surface area contributed by atoms with Gasteiger partial charge in [-0.1, -0.05) is 6.07 Å². The lowest BCUT2D eigenvalue weighted by atomic mass is 10.1. The van der Waals surface area contributed by atoms with Crippen molar-refractivity contribution in [1.82, 2.24) is 10.2 Å². The van der Waals surface area contributed by atoms with Crippen LogP contribution in [-0.4, -0.2) is 31.6 Å². The van der Waals surface area contributed by atoms with Crippen molar-refractivity contribution < 1.29 is 0 Å². The molecule has 0 aromatic carbocycles. The second-order valence-electron chi connectivity index (χ2n) is 5.51. The minimum Gasteiger partial charge on any atom is -0.319 e. The lowest BCUT2D eigenvalue weighted by molar-refractivity contribution is 0.216. The van der Waals surface area contributed by atoms with E-state index >= 15 is 0 Å². The van der Waals surface area contributed by atoms with E-state index in [4.69, 9.17) is 0 Å². The van der Waals surface area contributed by atoms with Gasteiger partial charge in [0.25, 0.3) is 0 Å². The van der Waals surface area contributed by atoms with E-state index < -0.39 is 0 Å². The number of thiophene rings is 1. The first kappa shape index (κ1) is 11.7. The maximum Gasteiger partial charge on any atom is 0.0469 e. The fourth-order valence-corrected chi connectivity index (χ4v) is 4.10. The van der Waals surface area contributed by atoms with Gasteiger partial charge in [0.1, 0.15) is 0 Å². The van der Waals surface area contributed by atoms with Crippen LogP contribution in [-0.2, 0) is 0 Å². The van der Waals surface area contributed by atoms with E-state index in [1.807, 2.05) is 11.3 Å². The number of rotatable bonds is 5. The fraction of sp³-hybridized carbons (Fsp3) is 0.714. The van der Waals surface area contributed by atoms with Gasteiger partial charge in [0.05, 0.1) is 0 Å². The second kappa shape index (κ2) is 5.09. The topological polar surface area (TPSA) is 15.3 Å². The van der Waals surface area contributed by atoms with Gasteiger partial charge in [0, 0.05) is 17.5 Å². The van der Waals surface area contributed by atoms with Crippen LogP contribution in [0, 0.1) is 11.8 Å². The number of nitrogens with zero attached hydrogens (tertiary/aromatic N) is 1. The van der Waals surface area contributed by atoms with E-state index in [0.29, 0.717) is 0 Å². The summed E-state index contributed by atoms with van der Waals surface area (Å²) in [4.78, 5) is 4.34. The molecule has 2 nitrogen and oxygen atoms in total.